The summed E-state index contributed by atoms with van der Waals surface area (Å²) in [7, 11) is 2.04. The Balaban J connectivity index is 1.73. The predicted octanol–water partition coefficient (Wildman–Crippen LogP) is 3.29. The maximum Gasteiger partial charge on any atom is 0.203 e. The van der Waals surface area contributed by atoms with Gasteiger partial charge < -0.3 is 9.88 Å². The van der Waals surface area contributed by atoms with Crippen LogP contribution in [0.3, 0.4) is 0 Å². The highest BCUT2D eigenvalue weighted by Crippen LogP contribution is 2.17. The average molecular weight is 257 g/mol. The summed E-state index contributed by atoms with van der Waals surface area (Å²) in [6.45, 7) is 0.911. The number of nitrogens with zero attached hydrogens (tertiary/aromatic N) is 2. The van der Waals surface area contributed by atoms with E-state index < -0.39 is 0 Å². The summed E-state index contributed by atoms with van der Waals surface area (Å²) in [5.74, 6) is 0.937. The molecule has 0 radical (unpaired) electrons. The number of nitrogens with one attached hydrogen (secondary N) is 1. The molecule has 0 bridgehead atoms. The molecule has 0 aliphatic rings. The lowest BCUT2D eigenvalue weighted by Crippen LogP contribution is -2.08. The van der Waals surface area contributed by atoms with E-state index in [1.165, 1.54) is 5.56 Å². The van der Waals surface area contributed by atoms with Crippen LogP contribution in [0.1, 0.15) is 5.56 Å². The molecular weight excluding hydrogens is 242 g/mol. The van der Waals surface area contributed by atoms with E-state index in [9.17, 15) is 0 Å². The molecule has 0 aliphatic carbocycles. The van der Waals surface area contributed by atoms with Gasteiger partial charge in [-0.1, -0.05) is 12.1 Å². The fraction of sp³-hybridized carbons (Fsp3) is 0.214. The Labute approximate surface area is 110 Å². The number of anilines is 1. The Morgan fingerprint density at radius 2 is 2.17 bits per heavy atom. The van der Waals surface area contributed by atoms with E-state index in [0.717, 1.165) is 29.9 Å². The molecule has 0 saturated heterocycles. The number of aromatic nitrogens is 2. The molecule has 4 heteroatoms. The second-order valence-corrected chi connectivity index (χ2v) is 5.07. The van der Waals surface area contributed by atoms with Crippen LogP contribution in [-0.2, 0) is 13.5 Å². The SMILES string of the molecule is Cn1c(NCCc2ccsc2)nc2ccccc21. The van der Waals surface area contributed by atoms with Gasteiger partial charge in [-0.2, -0.15) is 11.3 Å². The van der Waals surface area contributed by atoms with Crippen molar-refractivity contribution in [3.05, 3.63) is 46.7 Å². The largest absolute Gasteiger partial charge is 0.355 e. The molecule has 3 aromatic rings. The Hall–Kier alpha value is -1.81. The number of imidazole rings is 1. The lowest BCUT2D eigenvalue weighted by molar-refractivity contribution is 0.913. The third kappa shape index (κ3) is 2.11. The van der Waals surface area contributed by atoms with Gasteiger partial charge >= 0.3 is 0 Å². The lowest BCUT2D eigenvalue weighted by Gasteiger charge is -2.05. The van der Waals surface area contributed by atoms with E-state index in [1.807, 2.05) is 25.2 Å². The summed E-state index contributed by atoms with van der Waals surface area (Å²) < 4.78 is 2.10. The second kappa shape index (κ2) is 4.82. The first-order chi connectivity index (χ1) is 8.84. The zero-order chi connectivity index (χ0) is 12.4. The van der Waals surface area contributed by atoms with Crippen molar-refractivity contribution in [1.29, 1.82) is 0 Å². The number of para-hydroxylation sites is 2. The first-order valence-electron chi connectivity index (χ1n) is 6.01. The normalized spacial score (nSPS) is 10.9. The molecule has 3 nitrogen and oxygen atoms in total. The van der Waals surface area contributed by atoms with Crippen LogP contribution in [0.5, 0.6) is 0 Å². The number of benzene rings is 1. The molecule has 0 amide bonds. The molecular formula is C14H15N3S. The molecule has 0 atom stereocenters. The lowest BCUT2D eigenvalue weighted by atomic mass is 10.2. The number of hydrogen-bond donors (Lipinski definition) is 1. The standard InChI is InChI=1S/C14H15N3S/c1-17-13-5-3-2-4-12(13)16-14(17)15-8-6-11-7-9-18-10-11/h2-5,7,9-10H,6,8H2,1H3,(H,15,16). The minimum atomic E-state index is 0.911. The zero-order valence-electron chi connectivity index (χ0n) is 10.3. The summed E-state index contributed by atoms with van der Waals surface area (Å²) in [6, 6.07) is 10.4. The number of hydrogen-bond acceptors (Lipinski definition) is 3. The Kier molecular flexibility index (Phi) is 3.02. The van der Waals surface area contributed by atoms with Crippen molar-refractivity contribution in [2.24, 2.45) is 7.05 Å². The second-order valence-electron chi connectivity index (χ2n) is 4.29. The van der Waals surface area contributed by atoms with Crippen LogP contribution in [0.15, 0.2) is 41.1 Å². The van der Waals surface area contributed by atoms with E-state index in [-0.39, 0.29) is 0 Å². The van der Waals surface area contributed by atoms with Gasteiger partial charge in [0.25, 0.3) is 0 Å². The molecule has 0 spiro atoms. The van der Waals surface area contributed by atoms with Crippen LogP contribution < -0.4 is 5.32 Å². The monoisotopic (exact) mass is 257 g/mol. The van der Waals surface area contributed by atoms with Crippen LogP contribution in [0.25, 0.3) is 11.0 Å². The van der Waals surface area contributed by atoms with Crippen LogP contribution >= 0.6 is 11.3 Å². The van der Waals surface area contributed by atoms with Crippen molar-refractivity contribution in [1.82, 2.24) is 9.55 Å². The molecule has 1 N–H and O–H groups in total. The molecule has 2 heterocycles. The van der Waals surface area contributed by atoms with Gasteiger partial charge in [-0.3, -0.25) is 0 Å². The molecule has 0 aliphatic heterocycles. The molecule has 3 rings (SSSR count). The maximum atomic E-state index is 4.59. The molecule has 1 aromatic carbocycles. The van der Waals surface area contributed by atoms with Crippen molar-refractivity contribution in [2.75, 3.05) is 11.9 Å². The van der Waals surface area contributed by atoms with Crippen molar-refractivity contribution >= 4 is 28.3 Å². The fourth-order valence-electron chi connectivity index (χ4n) is 2.06. The zero-order valence-corrected chi connectivity index (χ0v) is 11.1. The van der Waals surface area contributed by atoms with Crippen LogP contribution in [0.4, 0.5) is 5.95 Å². The number of fused-ring (bicyclic) bond motifs is 1. The fourth-order valence-corrected chi connectivity index (χ4v) is 2.76. The summed E-state index contributed by atoms with van der Waals surface area (Å²) in [6.07, 6.45) is 1.03. The summed E-state index contributed by atoms with van der Waals surface area (Å²) >= 11 is 1.74. The molecule has 18 heavy (non-hydrogen) atoms. The third-order valence-corrected chi connectivity index (χ3v) is 3.80. The smallest absolute Gasteiger partial charge is 0.203 e. The Bertz CT molecular complexity index is 640. The van der Waals surface area contributed by atoms with Crippen molar-refractivity contribution in [3.8, 4) is 0 Å². The quantitative estimate of drug-likeness (QED) is 0.777. The maximum absolute atomic E-state index is 4.59. The number of aryl methyl sites for hydroxylation is 1. The van der Waals surface area contributed by atoms with Crippen LogP contribution in [0.2, 0.25) is 0 Å². The first kappa shape index (κ1) is 11.3. The first-order valence-corrected chi connectivity index (χ1v) is 6.95. The van der Waals surface area contributed by atoms with Crippen molar-refractivity contribution in [3.63, 3.8) is 0 Å². The van der Waals surface area contributed by atoms with Gasteiger partial charge in [0.05, 0.1) is 11.0 Å². The van der Waals surface area contributed by atoms with E-state index >= 15 is 0 Å². The highest BCUT2D eigenvalue weighted by Gasteiger charge is 2.05. The number of rotatable bonds is 4. The Morgan fingerprint density at radius 3 is 2.94 bits per heavy atom. The summed E-state index contributed by atoms with van der Waals surface area (Å²) in [5, 5.41) is 7.70. The highest BCUT2D eigenvalue weighted by atomic mass is 32.1. The molecule has 0 saturated carbocycles. The molecule has 2 aromatic heterocycles. The van der Waals surface area contributed by atoms with Gasteiger partial charge in [-0.25, -0.2) is 4.98 Å². The van der Waals surface area contributed by atoms with Gasteiger partial charge in [-0.05, 0) is 40.9 Å². The van der Waals surface area contributed by atoms with Crippen molar-refractivity contribution in [2.45, 2.75) is 6.42 Å². The van der Waals surface area contributed by atoms with Gasteiger partial charge in [0.2, 0.25) is 5.95 Å². The molecule has 0 unspecified atom stereocenters. The Morgan fingerprint density at radius 1 is 1.28 bits per heavy atom. The van der Waals surface area contributed by atoms with Gasteiger partial charge in [0, 0.05) is 13.6 Å². The third-order valence-electron chi connectivity index (χ3n) is 3.06. The minimum absolute atomic E-state index is 0.911. The minimum Gasteiger partial charge on any atom is -0.355 e. The summed E-state index contributed by atoms with van der Waals surface area (Å²) in [4.78, 5) is 4.59. The van der Waals surface area contributed by atoms with E-state index in [2.05, 4.69) is 37.8 Å². The van der Waals surface area contributed by atoms with Gasteiger partial charge in [0.15, 0.2) is 0 Å². The number of thiophene rings is 1. The molecule has 92 valence electrons. The summed E-state index contributed by atoms with van der Waals surface area (Å²) in [5.41, 5.74) is 3.58. The van der Waals surface area contributed by atoms with Crippen LogP contribution in [0, 0.1) is 0 Å². The van der Waals surface area contributed by atoms with E-state index in [0.29, 0.717) is 0 Å². The van der Waals surface area contributed by atoms with Crippen molar-refractivity contribution < 1.29 is 0 Å². The van der Waals surface area contributed by atoms with Gasteiger partial charge in [-0.15, -0.1) is 0 Å². The van der Waals surface area contributed by atoms with Crippen LogP contribution in [-0.4, -0.2) is 16.1 Å². The average Bonchev–Trinajstić information content (AvgIpc) is 3.00. The topological polar surface area (TPSA) is 29.9 Å². The van der Waals surface area contributed by atoms with Gasteiger partial charge in [0.1, 0.15) is 0 Å². The van der Waals surface area contributed by atoms with E-state index in [4.69, 9.17) is 0 Å². The van der Waals surface area contributed by atoms with E-state index in [1.54, 1.807) is 11.3 Å². The highest BCUT2D eigenvalue weighted by molar-refractivity contribution is 7.07. The molecule has 0 fully saturated rings. The predicted molar refractivity (Wildman–Crippen MR) is 77.2 cm³/mol.